The molecule has 2 rings (SSSR count). The lowest BCUT2D eigenvalue weighted by Crippen LogP contribution is -2.07. The van der Waals surface area contributed by atoms with Crippen LogP contribution in [0.25, 0.3) is 10.9 Å². The maximum atomic E-state index is 3.23. The third-order valence-corrected chi connectivity index (χ3v) is 2.05. The molecule has 0 aliphatic carbocycles. The minimum Gasteiger partial charge on any atom is -0.376 e. The Balaban J connectivity index is 2.70. The van der Waals surface area contributed by atoms with E-state index >= 15 is 0 Å². The van der Waals surface area contributed by atoms with Crippen LogP contribution in [0.15, 0.2) is 30.5 Å². The van der Waals surface area contributed by atoms with Crippen molar-refractivity contribution in [2.45, 2.75) is 0 Å². The van der Waals surface area contributed by atoms with Crippen molar-refractivity contribution >= 4 is 16.6 Å². The van der Waals surface area contributed by atoms with Gasteiger partial charge in [-0.2, -0.15) is 0 Å². The van der Waals surface area contributed by atoms with Gasteiger partial charge < -0.3 is 9.88 Å². The smallest absolute Gasteiger partial charge is 0.0618 e. The zero-order chi connectivity index (χ0) is 8.55. The van der Waals surface area contributed by atoms with Crippen LogP contribution in [0.3, 0.4) is 0 Å². The number of anilines is 1. The predicted molar refractivity (Wildman–Crippen MR) is 52.6 cm³/mol. The zero-order valence-corrected chi connectivity index (χ0v) is 7.33. The minimum absolute atomic E-state index is 1.20. The molecule has 0 saturated heterocycles. The average molecular weight is 160 g/mol. The Labute approximate surface area is 71.8 Å². The van der Waals surface area contributed by atoms with Crippen molar-refractivity contribution in [2.75, 3.05) is 19.0 Å². The fourth-order valence-corrected chi connectivity index (χ4v) is 1.43. The van der Waals surface area contributed by atoms with Crippen LogP contribution in [-0.2, 0) is 0 Å². The summed E-state index contributed by atoms with van der Waals surface area (Å²) in [5, 5.41) is 1.28. The van der Waals surface area contributed by atoms with E-state index < -0.39 is 0 Å². The highest BCUT2D eigenvalue weighted by molar-refractivity contribution is 5.92. The van der Waals surface area contributed by atoms with E-state index in [1.807, 2.05) is 12.3 Å². The first kappa shape index (κ1) is 7.22. The SMILES string of the molecule is CN(C)c1c[nH]c2ccccc12. The summed E-state index contributed by atoms with van der Waals surface area (Å²) in [4.78, 5) is 5.34. The molecular weight excluding hydrogens is 148 g/mol. The Morgan fingerprint density at radius 1 is 1.17 bits per heavy atom. The summed E-state index contributed by atoms with van der Waals surface area (Å²) in [6.45, 7) is 0. The van der Waals surface area contributed by atoms with Crippen molar-refractivity contribution in [1.82, 2.24) is 4.98 Å². The third-order valence-electron chi connectivity index (χ3n) is 2.05. The topological polar surface area (TPSA) is 19.0 Å². The number of aromatic nitrogens is 1. The lowest BCUT2D eigenvalue weighted by atomic mass is 10.2. The molecule has 0 bridgehead atoms. The van der Waals surface area contributed by atoms with Crippen molar-refractivity contribution in [2.24, 2.45) is 0 Å². The average Bonchev–Trinajstić information content (AvgIpc) is 2.47. The maximum Gasteiger partial charge on any atom is 0.0618 e. The number of hydrogen-bond acceptors (Lipinski definition) is 1. The van der Waals surface area contributed by atoms with Gasteiger partial charge in [-0.3, -0.25) is 0 Å². The number of benzene rings is 1. The molecule has 0 radical (unpaired) electrons. The molecular formula is C10H12N2. The van der Waals surface area contributed by atoms with Gasteiger partial charge in [-0.15, -0.1) is 0 Å². The standard InChI is InChI=1S/C10H12N2/c1-12(2)10-7-11-9-6-4-3-5-8(9)10/h3-7,11H,1-2H3. The van der Waals surface area contributed by atoms with Gasteiger partial charge in [0.1, 0.15) is 0 Å². The number of aromatic amines is 1. The number of fused-ring (bicyclic) bond motifs is 1. The largest absolute Gasteiger partial charge is 0.376 e. The molecule has 2 heteroatoms. The quantitative estimate of drug-likeness (QED) is 0.677. The summed E-state index contributed by atoms with van der Waals surface area (Å²) in [7, 11) is 4.10. The highest BCUT2D eigenvalue weighted by atomic mass is 15.1. The number of hydrogen-bond donors (Lipinski definition) is 1. The van der Waals surface area contributed by atoms with Crippen molar-refractivity contribution < 1.29 is 0 Å². The van der Waals surface area contributed by atoms with E-state index in [2.05, 4.69) is 42.2 Å². The first-order valence-electron chi connectivity index (χ1n) is 4.02. The van der Waals surface area contributed by atoms with E-state index in [-0.39, 0.29) is 0 Å². The fraction of sp³-hybridized carbons (Fsp3) is 0.200. The van der Waals surface area contributed by atoms with Crippen LogP contribution in [-0.4, -0.2) is 19.1 Å². The van der Waals surface area contributed by atoms with Crippen LogP contribution >= 0.6 is 0 Å². The van der Waals surface area contributed by atoms with Gasteiger partial charge in [-0.1, -0.05) is 18.2 Å². The van der Waals surface area contributed by atoms with E-state index in [9.17, 15) is 0 Å². The molecule has 0 saturated carbocycles. The molecule has 12 heavy (non-hydrogen) atoms. The van der Waals surface area contributed by atoms with Gasteiger partial charge in [0.15, 0.2) is 0 Å². The van der Waals surface area contributed by atoms with E-state index in [1.165, 1.54) is 16.6 Å². The molecule has 0 aliphatic rings. The fourth-order valence-electron chi connectivity index (χ4n) is 1.43. The van der Waals surface area contributed by atoms with Gasteiger partial charge in [0.05, 0.1) is 5.69 Å². The van der Waals surface area contributed by atoms with Crippen molar-refractivity contribution in [3.8, 4) is 0 Å². The number of H-pyrrole nitrogens is 1. The van der Waals surface area contributed by atoms with Crippen LogP contribution in [0.1, 0.15) is 0 Å². The summed E-state index contributed by atoms with van der Waals surface area (Å²) >= 11 is 0. The maximum absolute atomic E-state index is 3.23. The van der Waals surface area contributed by atoms with Gasteiger partial charge in [0.25, 0.3) is 0 Å². The second kappa shape index (κ2) is 2.55. The van der Waals surface area contributed by atoms with Crippen molar-refractivity contribution in [1.29, 1.82) is 0 Å². The van der Waals surface area contributed by atoms with Gasteiger partial charge in [0, 0.05) is 31.2 Å². The van der Waals surface area contributed by atoms with Crippen LogP contribution in [0.5, 0.6) is 0 Å². The van der Waals surface area contributed by atoms with Gasteiger partial charge in [-0.25, -0.2) is 0 Å². The molecule has 0 aliphatic heterocycles. The Bertz CT molecular complexity index is 387. The summed E-state index contributed by atoms with van der Waals surface area (Å²) < 4.78 is 0. The van der Waals surface area contributed by atoms with Gasteiger partial charge in [0.2, 0.25) is 0 Å². The molecule has 62 valence electrons. The molecule has 1 N–H and O–H groups in total. The lowest BCUT2D eigenvalue weighted by molar-refractivity contribution is 1.14. The summed E-state index contributed by atoms with van der Waals surface area (Å²) in [6.07, 6.45) is 2.03. The number of nitrogens with zero attached hydrogens (tertiary/aromatic N) is 1. The molecule has 0 amide bonds. The molecule has 2 nitrogen and oxygen atoms in total. The molecule has 0 unspecified atom stereocenters. The number of rotatable bonds is 1. The Kier molecular flexibility index (Phi) is 1.54. The molecule has 2 aromatic rings. The summed E-state index contributed by atoms with van der Waals surface area (Å²) in [5.74, 6) is 0. The highest BCUT2D eigenvalue weighted by Gasteiger charge is 2.02. The number of nitrogens with one attached hydrogen (secondary N) is 1. The third kappa shape index (κ3) is 0.961. The van der Waals surface area contributed by atoms with Crippen LogP contribution < -0.4 is 4.90 Å². The second-order valence-electron chi connectivity index (χ2n) is 3.11. The predicted octanol–water partition coefficient (Wildman–Crippen LogP) is 2.23. The van der Waals surface area contributed by atoms with Crippen LogP contribution in [0, 0.1) is 0 Å². The van der Waals surface area contributed by atoms with Gasteiger partial charge in [-0.05, 0) is 6.07 Å². The second-order valence-corrected chi connectivity index (χ2v) is 3.11. The molecule has 1 aromatic heterocycles. The first-order valence-corrected chi connectivity index (χ1v) is 4.02. The molecule has 0 fully saturated rings. The van der Waals surface area contributed by atoms with Gasteiger partial charge >= 0.3 is 0 Å². The van der Waals surface area contributed by atoms with Crippen LogP contribution in [0.4, 0.5) is 5.69 Å². The summed E-state index contributed by atoms with van der Waals surface area (Å²) in [5.41, 5.74) is 2.44. The molecule has 1 heterocycles. The zero-order valence-electron chi connectivity index (χ0n) is 7.33. The Morgan fingerprint density at radius 3 is 2.67 bits per heavy atom. The monoisotopic (exact) mass is 160 g/mol. The highest BCUT2D eigenvalue weighted by Crippen LogP contribution is 2.24. The Morgan fingerprint density at radius 2 is 1.92 bits per heavy atom. The minimum atomic E-state index is 1.20. The molecule has 0 atom stereocenters. The van der Waals surface area contributed by atoms with E-state index in [1.54, 1.807) is 0 Å². The van der Waals surface area contributed by atoms with Crippen molar-refractivity contribution in [3.05, 3.63) is 30.5 Å². The molecule has 0 spiro atoms. The van der Waals surface area contributed by atoms with E-state index in [0.29, 0.717) is 0 Å². The first-order chi connectivity index (χ1) is 5.79. The summed E-state index contributed by atoms with van der Waals surface area (Å²) in [6, 6.07) is 8.31. The Hall–Kier alpha value is -1.44. The number of para-hydroxylation sites is 1. The van der Waals surface area contributed by atoms with E-state index in [4.69, 9.17) is 0 Å². The van der Waals surface area contributed by atoms with Crippen LogP contribution in [0.2, 0.25) is 0 Å². The van der Waals surface area contributed by atoms with E-state index in [0.717, 1.165) is 0 Å². The normalized spacial score (nSPS) is 10.5. The molecule has 1 aromatic carbocycles. The van der Waals surface area contributed by atoms with Crippen molar-refractivity contribution in [3.63, 3.8) is 0 Å². The lowest BCUT2D eigenvalue weighted by Gasteiger charge is -2.09.